The molecule has 3 aliphatic rings. The first kappa shape index (κ1) is 23.2. The van der Waals surface area contributed by atoms with Crippen molar-refractivity contribution >= 4 is 5.69 Å². The maximum absolute atomic E-state index is 3.48. The fraction of sp³-hybridized carbons (Fsp3) is 0.750. The van der Waals surface area contributed by atoms with Crippen LogP contribution in [0.1, 0.15) is 47.0 Å². The molecule has 0 amide bonds. The van der Waals surface area contributed by atoms with E-state index in [1.54, 1.807) is 0 Å². The molecule has 0 saturated carbocycles. The van der Waals surface area contributed by atoms with Gasteiger partial charge in [-0.2, -0.15) is 0 Å². The molecule has 3 heterocycles. The second kappa shape index (κ2) is 13.2. The van der Waals surface area contributed by atoms with Crippen LogP contribution in [0.2, 0.25) is 0 Å². The third kappa shape index (κ3) is 7.06. The van der Waals surface area contributed by atoms with Crippen molar-refractivity contribution in [3.63, 3.8) is 0 Å². The molecule has 0 aromatic heterocycles. The highest BCUT2D eigenvalue weighted by molar-refractivity contribution is 5.48. The summed E-state index contributed by atoms with van der Waals surface area (Å²) in [5.41, 5.74) is 1.39. The minimum Gasteiger partial charge on any atom is -0.371 e. The van der Waals surface area contributed by atoms with Crippen LogP contribution in [0.4, 0.5) is 5.69 Å². The highest BCUT2D eigenvalue weighted by Crippen LogP contribution is 2.25. The SMILES string of the molecule is CC.CCC.c1ccc(N2CC(CN3CCN(C4CCNCC4)CC3)C2)cc1. The van der Waals surface area contributed by atoms with Crippen LogP contribution in [0.3, 0.4) is 0 Å². The van der Waals surface area contributed by atoms with Gasteiger partial charge in [-0.1, -0.05) is 52.3 Å². The number of piperazine rings is 1. The number of benzene rings is 1. The Bertz CT molecular complexity index is 487. The summed E-state index contributed by atoms with van der Waals surface area (Å²) in [5, 5.41) is 3.48. The van der Waals surface area contributed by atoms with Crippen LogP contribution < -0.4 is 10.2 Å². The number of nitrogens with one attached hydrogen (secondary N) is 1. The zero-order valence-electron chi connectivity index (χ0n) is 18.9. The van der Waals surface area contributed by atoms with Crippen molar-refractivity contribution in [1.82, 2.24) is 15.1 Å². The number of anilines is 1. The maximum atomic E-state index is 3.48. The normalized spacial score (nSPS) is 21.8. The van der Waals surface area contributed by atoms with Gasteiger partial charge in [0.1, 0.15) is 0 Å². The Morgan fingerprint density at radius 1 is 0.893 bits per heavy atom. The largest absolute Gasteiger partial charge is 0.371 e. The van der Waals surface area contributed by atoms with E-state index in [4.69, 9.17) is 0 Å². The van der Waals surface area contributed by atoms with Crippen LogP contribution in [0, 0.1) is 5.92 Å². The Labute approximate surface area is 174 Å². The van der Waals surface area contributed by atoms with Gasteiger partial charge in [-0.15, -0.1) is 0 Å². The lowest BCUT2D eigenvalue weighted by Crippen LogP contribution is -2.56. The van der Waals surface area contributed by atoms with Crippen LogP contribution in [0.5, 0.6) is 0 Å². The number of rotatable bonds is 4. The minimum absolute atomic E-state index is 0.843. The van der Waals surface area contributed by atoms with E-state index in [1.165, 1.54) is 83.9 Å². The summed E-state index contributed by atoms with van der Waals surface area (Å²) in [6.07, 6.45) is 3.93. The molecule has 160 valence electrons. The van der Waals surface area contributed by atoms with E-state index in [1.807, 2.05) is 13.8 Å². The summed E-state index contributed by atoms with van der Waals surface area (Å²) in [6, 6.07) is 11.7. The molecule has 0 aliphatic carbocycles. The van der Waals surface area contributed by atoms with Gasteiger partial charge < -0.3 is 15.1 Å². The molecule has 28 heavy (non-hydrogen) atoms. The number of piperidine rings is 1. The molecule has 1 N–H and O–H groups in total. The quantitative estimate of drug-likeness (QED) is 0.843. The summed E-state index contributed by atoms with van der Waals surface area (Å²) < 4.78 is 0. The van der Waals surface area contributed by atoms with Crippen LogP contribution in [0.15, 0.2) is 30.3 Å². The third-order valence-corrected chi connectivity index (χ3v) is 5.83. The summed E-state index contributed by atoms with van der Waals surface area (Å²) >= 11 is 0. The number of hydrogen-bond donors (Lipinski definition) is 1. The molecule has 1 aromatic rings. The predicted octanol–water partition coefficient (Wildman–Crippen LogP) is 3.93. The number of nitrogens with zero attached hydrogens (tertiary/aromatic N) is 3. The van der Waals surface area contributed by atoms with Crippen LogP contribution in [0.25, 0.3) is 0 Å². The fourth-order valence-electron chi connectivity index (χ4n) is 4.38. The first-order chi connectivity index (χ1) is 13.8. The van der Waals surface area contributed by atoms with Crippen molar-refractivity contribution in [3.8, 4) is 0 Å². The third-order valence-electron chi connectivity index (χ3n) is 5.83. The molecule has 1 aromatic carbocycles. The Morgan fingerprint density at radius 2 is 1.46 bits per heavy atom. The number of hydrogen-bond acceptors (Lipinski definition) is 4. The van der Waals surface area contributed by atoms with Gasteiger partial charge in [0.05, 0.1) is 0 Å². The average molecular weight is 389 g/mol. The molecule has 0 unspecified atom stereocenters. The van der Waals surface area contributed by atoms with Gasteiger partial charge in [-0.25, -0.2) is 0 Å². The lowest BCUT2D eigenvalue weighted by atomic mass is 9.97. The first-order valence-electron chi connectivity index (χ1n) is 11.8. The zero-order valence-corrected chi connectivity index (χ0v) is 18.9. The second-order valence-electron chi connectivity index (χ2n) is 8.13. The molecule has 0 radical (unpaired) electrons. The Morgan fingerprint density at radius 3 is 2.04 bits per heavy atom. The monoisotopic (exact) mass is 388 g/mol. The summed E-state index contributed by atoms with van der Waals surface area (Å²) in [4.78, 5) is 7.95. The van der Waals surface area contributed by atoms with Crippen molar-refractivity contribution in [3.05, 3.63) is 30.3 Å². The van der Waals surface area contributed by atoms with E-state index >= 15 is 0 Å². The molecular weight excluding hydrogens is 344 g/mol. The van der Waals surface area contributed by atoms with Crippen molar-refractivity contribution in [2.24, 2.45) is 5.92 Å². The first-order valence-corrected chi connectivity index (χ1v) is 11.8. The molecule has 4 nitrogen and oxygen atoms in total. The topological polar surface area (TPSA) is 21.8 Å². The standard InChI is InChI=1S/C19H30N4.C3H8.C2H6/c1-2-4-18(5-3-1)23-15-17(16-23)14-21-10-12-22(13-11-21)19-6-8-20-9-7-19;1-3-2;1-2/h1-5,17,19-20H,6-16H2;3H2,1-2H3;1-2H3. The smallest absolute Gasteiger partial charge is 0.0366 e. The molecule has 4 rings (SSSR count). The molecule has 3 aliphatic heterocycles. The van der Waals surface area contributed by atoms with Crippen molar-refractivity contribution in [2.75, 3.05) is 63.8 Å². The Hall–Kier alpha value is -1.10. The highest BCUT2D eigenvalue weighted by atomic mass is 15.3. The lowest BCUT2D eigenvalue weighted by Gasteiger charge is -2.46. The van der Waals surface area contributed by atoms with Gasteiger partial charge >= 0.3 is 0 Å². The molecule has 0 spiro atoms. The summed E-state index contributed by atoms with van der Waals surface area (Å²) in [7, 11) is 0. The van der Waals surface area contributed by atoms with Crippen LogP contribution >= 0.6 is 0 Å². The van der Waals surface area contributed by atoms with E-state index in [-0.39, 0.29) is 0 Å². The maximum Gasteiger partial charge on any atom is 0.0366 e. The minimum atomic E-state index is 0.843. The lowest BCUT2D eigenvalue weighted by molar-refractivity contribution is 0.0707. The summed E-state index contributed by atoms with van der Waals surface area (Å²) in [5.74, 6) is 0.862. The van der Waals surface area contributed by atoms with Crippen molar-refractivity contribution in [2.45, 2.75) is 53.0 Å². The van der Waals surface area contributed by atoms with E-state index in [9.17, 15) is 0 Å². The molecule has 0 atom stereocenters. The number of para-hydroxylation sites is 1. The van der Waals surface area contributed by atoms with Gasteiger partial charge in [-0.05, 0) is 38.1 Å². The Kier molecular flexibility index (Phi) is 10.9. The molecule has 4 heteroatoms. The van der Waals surface area contributed by atoms with Crippen molar-refractivity contribution < 1.29 is 0 Å². The second-order valence-corrected chi connectivity index (χ2v) is 8.13. The van der Waals surface area contributed by atoms with Crippen molar-refractivity contribution in [1.29, 1.82) is 0 Å². The van der Waals surface area contributed by atoms with E-state index in [0.717, 1.165) is 12.0 Å². The fourth-order valence-corrected chi connectivity index (χ4v) is 4.38. The van der Waals surface area contributed by atoms with Crippen LogP contribution in [-0.2, 0) is 0 Å². The van der Waals surface area contributed by atoms with Gasteiger partial charge in [0.25, 0.3) is 0 Å². The zero-order chi connectivity index (χ0) is 20.2. The average Bonchev–Trinajstić information content (AvgIpc) is 2.74. The van der Waals surface area contributed by atoms with Gasteiger partial charge in [0, 0.05) is 63.5 Å². The van der Waals surface area contributed by atoms with Gasteiger partial charge in [0.15, 0.2) is 0 Å². The van der Waals surface area contributed by atoms with Gasteiger partial charge in [-0.3, -0.25) is 4.90 Å². The molecule has 3 fully saturated rings. The highest BCUT2D eigenvalue weighted by Gasteiger charge is 2.30. The molecule has 3 saturated heterocycles. The molecule has 0 bridgehead atoms. The van der Waals surface area contributed by atoms with Crippen LogP contribution in [-0.4, -0.2) is 74.7 Å². The van der Waals surface area contributed by atoms with E-state index in [0.29, 0.717) is 0 Å². The summed E-state index contributed by atoms with van der Waals surface area (Å²) in [6.45, 7) is 19.5. The van der Waals surface area contributed by atoms with E-state index in [2.05, 4.69) is 64.2 Å². The van der Waals surface area contributed by atoms with E-state index < -0.39 is 0 Å². The predicted molar refractivity (Wildman–Crippen MR) is 123 cm³/mol. The van der Waals surface area contributed by atoms with Gasteiger partial charge in [0.2, 0.25) is 0 Å². The molecular formula is C24H44N4. The Balaban J connectivity index is 0.000000514.